The van der Waals surface area contributed by atoms with E-state index >= 15 is 0 Å². The zero-order chi connectivity index (χ0) is 12.4. The van der Waals surface area contributed by atoms with Crippen molar-refractivity contribution < 1.29 is 19.4 Å². The van der Waals surface area contributed by atoms with Crippen LogP contribution in [-0.2, 0) is 11.3 Å². The fraction of sp³-hybridized carbons (Fsp3) is 0.364. The van der Waals surface area contributed by atoms with Crippen molar-refractivity contribution in [3.8, 4) is 11.5 Å². The van der Waals surface area contributed by atoms with E-state index in [9.17, 15) is 4.79 Å². The summed E-state index contributed by atoms with van der Waals surface area (Å²) in [5.41, 5.74) is 0.892. The summed E-state index contributed by atoms with van der Waals surface area (Å²) in [7, 11) is 1.73. The molecular weight excluding hydrogens is 246 g/mol. The third kappa shape index (κ3) is 2.81. The molecule has 5 nitrogen and oxygen atoms in total. The molecule has 1 aliphatic rings. The lowest BCUT2D eigenvalue weighted by molar-refractivity contribution is -0.138. The number of hydrogen-bond donors (Lipinski definition) is 1. The van der Waals surface area contributed by atoms with Crippen LogP contribution >= 0.6 is 11.6 Å². The lowest BCUT2D eigenvalue weighted by Gasteiger charge is -2.14. The van der Waals surface area contributed by atoms with E-state index in [4.69, 9.17) is 26.2 Å². The molecule has 0 aromatic heterocycles. The highest BCUT2D eigenvalue weighted by molar-refractivity contribution is 6.32. The van der Waals surface area contributed by atoms with Crippen LogP contribution in [0.15, 0.2) is 12.1 Å². The van der Waals surface area contributed by atoms with Crippen LogP contribution in [0.25, 0.3) is 0 Å². The first-order valence-corrected chi connectivity index (χ1v) is 5.42. The minimum atomic E-state index is -0.862. The maximum Gasteiger partial charge on any atom is 0.317 e. The van der Waals surface area contributed by atoms with Gasteiger partial charge in [-0.1, -0.05) is 11.6 Å². The summed E-state index contributed by atoms with van der Waals surface area (Å²) in [6.07, 6.45) is 0. The molecule has 0 atom stereocenters. The summed E-state index contributed by atoms with van der Waals surface area (Å²) < 4.78 is 10.4. The Bertz CT molecular complexity index is 449. The standard InChI is InChI=1S/C11H12ClNO4/c1-13(5-10(14)15)4-7-2-8(12)11-9(3-7)16-6-17-11/h2-3H,4-6H2,1H3,(H,14,15). The molecule has 0 saturated heterocycles. The molecule has 1 aromatic rings. The van der Waals surface area contributed by atoms with Gasteiger partial charge in [0, 0.05) is 6.54 Å². The third-order valence-corrected chi connectivity index (χ3v) is 2.63. The Balaban J connectivity index is 2.12. The van der Waals surface area contributed by atoms with Crippen molar-refractivity contribution in [1.29, 1.82) is 0 Å². The topological polar surface area (TPSA) is 59.0 Å². The Morgan fingerprint density at radius 3 is 3.00 bits per heavy atom. The van der Waals surface area contributed by atoms with Gasteiger partial charge in [0.15, 0.2) is 11.5 Å². The van der Waals surface area contributed by atoms with Crippen LogP contribution < -0.4 is 9.47 Å². The van der Waals surface area contributed by atoms with Gasteiger partial charge in [-0.2, -0.15) is 0 Å². The van der Waals surface area contributed by atoms with Gasteiger partial charge in [-0.25, -0.2) is 0 Å². The molecule has 0 radical (unpaired) electrons. The zero-order valence-electron chi connectivity index (χ0n) is 9.27. The summed E-state index contributed by atoms with van der Waals surface area (Å²) in [6.45, 7) is 0.637. The molecule has 0 aliphatic carbocycles. The zero-order valence-corrected chi connectivity index (χ0v) is 10.0. The SMILES string of the molecule is CN(CC(=O)O)Cc1cc(Cl)c2c(c1)OCO2. The van der Waals surface area contributed by atoms with E-state index in [2.05, 4.69) is 0 Å². The van der Waals surface area contributed by atoms with Crippen LogP contribution in [0.5, 0.6) is 11.5 Å². The molecule has 0 saturated carbocycles. The van der Waals surface area contributed by atoms with E-state index in [0.717, 1.165) is 5.56 Å². The second-order valence-electron chi connectivity index (χ2n) is 3.88. The summed E-state index contributed by atoms with van der Waals surface area (Å²) in [6, 6.07) is 3.57. The average molecular weight is 258 g/mol. The molecule has 0 spiro atoms. The predicted octanol–water partition coefficient (Wildman–Crippen LogP) is 1.59. The Kier molecular flexibility index (Phi) is 3.40. The highest BCUT2D eigenvalue weighted by Gasteiger charge is 2.18. The number of halogens is 1. The van der Waals surface area contributed by atoms with Gasteiger partial charge in [-0.15, -0.1) is 0 Å². The molecule has 1 aromatic carbocycles. The first kappa shape index (κ1) is 12.0. The maximum absolute atomic E-state index is 10.5. The van der Waals surface area contributed by atoms with E-state index in [-0.39, 0.29) is 13.3 Å². The first-order chi connectivity index (χ1) is 8.06. The number of rotatable bonds is 4. The quantitative estimate of drug-likeness (QED) is 0.888. The summed E-state index contributed by atoms with van der Waals surface area (Å²) >= 11 is 6.02. The van der Waals surface area contributed by atoms with Crippen molar-refractivity contribution in [3.05, 3.63) is 22.7 Å². The number of carboxylic acid groups (broad SMARTS) is 1. The number of benzene rings is 1. The van der Waals surface area contributed by atoms with Crippen LogP contribution in [0.1, 0.15) is 5.56 Å². The van der Waals surface area contributed by atoms with Crippen LogP contribution in [0.3, 0.4) is 0 Å². The highest BCUT2D eigenvalue weighted by Crippen LogP contribution is 2.39. The maximum atomic E-state index is 10.5. The first-order valence-electron chi connectivity index (χ1n) is 5.04. The predicted molar refractivity (Wildman–Crippen MR) is 61.5 cm³/mol. The number of carbonyl (C=O) groups is 1. The molecule has 0 fully saturated rings. The van der Waals surface area contributed by atoms with Gasteiger partial charge in [-0.05, 0) is 24.7 Å². The van der Waals surface area contributed by atoms with Crippen molar-refractivity contribution in [1.82, 2.24) is 4.90 Å². The van der Waals surface area contributed by atoms with E-state index in [1.807, 2.05) is 6.07 Å². The molecule has 1 aliphatic heterocycles. The second-order valence-corrected chi connectivity index (χ2v) is 4.28. The number of fused-ring (bicyclic) bond motifs is 1. The van der Waals surface area contributed by atoms with Crippen LogP contribution in [-0.4, -0.2) is 36.4 Å². The average Bonchev–Trinajstić information content (AvgIpc) is 2.64. The van der Waals surface area contributed by atoms with Crippen molar-refractivity contribution in [2.75, 3.05) is 20.4 Å². The van der Waals surface area contributed by atoms with Gasteiger partial charge in [0.2, 0.25) is 6.79 Å². The number of hydrogen-bond acceptors (Lipinski definition) is 4. The Labute approximate surface area is 103 Å². The molecule has 0 unspecified atom stereocenters. The van der Waals surface area contributed by atoms with Crippen LogP contribution in [0.2, 0.25) is 5.02 Å². The highest BCUT2D eigenvalue weighted by atomic mass is 35.5. The number of aliphatic carboxylic acids is 1. The minimum absolute atomic E-state index is 0.0218. The number of nitrogens with zero attached hydrogens (tertiary/aromatic N) is 1. The Hall–Kier alpha value is -1.46. The van der Waals surface area contributed by atoms with Crippen LogP contribution in [0.4, 0.5) is 0 Å². The lowest BCUT2D eigenvalue weighted by atomic mass is 10.2. The number of carboxylic acids is 1. The fourth-order valence-electron chi connectivity index (χ4n) is 1.71. The number of ether oxygens (including phenoxy) is 2. The molecule has 1 N–H and O–H groups in total. The van der Waals surface area contributed by atoms with Crippen molar-refractivity contribution in [3.63, 3.8) is 0 Å². The van der Waals surface area contributed by atoms with E-state index in [1.54, 1.807) is 18.0 Å². The van der Waals surface area contributed by atoms with Crippen molar-refractivity contribution in [2.45, 2.75) is 6.54 Å². The van der Waals surface area contributed by atoms with Gasteiger partial charge in [0.1, 0.15) is 0 Å². The molecule has 17 heavy (non-hydrogen) atoms. The van der Waals surface area contributed by atoms with Crippen LogP contribution in [0, 0.1) is 0 Å². The summed E-state index contributed by atoms with van der Waals surface area (Å²) in [5.74, 6) is 0.298. The smallest absolute Gasteiger partial charge is 0.317 e. The third-order valence-electron chi connectivity index (χ3n) is 2.34. The molecular formula is C11H12ClNO4. The minimum Gasteiger partial charge on any atom is -0.480 e. The molecule has 6 heteroatoms. The van der Waals surface area contributed by atoms with Crippen molar-refractivity contribution >= 4 is 17.6 Å². The van der Waals surface area contributed by atoms with Gasteiger partial charge in [-0.3, -0.25) is 9.69 Å². The van der Waals surface area contributed by atoms with Gasteiger partial charge < -0.3 is 14.6 Å². The summed E-state index contributed by atoms with van der Waals surface area (Å²) in [5, 5.41) is 9.14. The molecule has 0 amide bonds. The largest absolute Gasteiger partial charge is 0.480 e. The Morgan fingerprint density at radius 1 is 1.53 bits per heavy atom. The van der Waals surface area contributed by atoms with Gasteiger partial charge in [0.25, 0.3) is 0 Å². The van der Waals surface area contributed by atoms with Gasteiger partial charge in [0.05, 0.1) is 11.6 Å². The fourth-order valence-corrected chi connectivity index (χ4v) is 2.00. The van der Waals surface area contributed by atoms with Crippen molar-refractivity contribution in [2.24, 2.45) is 0 Å². The molecule has 2 rings (SSSR count). The van der Waals surface area contributed by atoms with E-state index in [1.165, 1.54) is 0 Å². The van der Waals surface area contributed by atoms with E-state index in [0.29, 0.717) is 23.1 Å². The summed E-state index contributed by atoms with van der Waals surface area (Å²) in [4.78, 5) is 12.2. The molecule has 92 valence electrons. The number of likely N-dealkylation sites (N-methyl/N-ethyl adjacent to an activating group) is 1. The molecule has 0 bridgehead atoms. The van der Waals surface area contributed by atoms with E-state index < -0.39 is 5.97 Å². The second kappa shape index (κ2) is 4.81. The monoisotopic (exact) mass is 257 g/mol. The Morgan fingerprint density at radius 2 is 2.29 bits per heavy atom. The normalized spacial score (nSPS) is 13.1. The van der Waals surface area contributed by atoms with Gasteiger partial charge >= 0.3 is 5.97 Å². The lowest BCUT2D eigenvalue weighted by Crippen LogP contribution is -2.25. The molecule has 1 heterocycles.